The van der Waals surface area contributed by atoms with Gasteiger partial charge < -0.3 is 14.6 Å². The average Bonchev–Trinajstić information content (AvgIpc) is 3.00. The van der Waals surface area contributed by atoms with Crippen LogP contribution in [0, 0.1) is 0 Å². The summed E-state index contributed by atoms with van der Waals surface area (Å²) in [5.41, 5.74) is 4.85. The third-order valence-electron chi connectivity index (χ3n) is 6.85. The number of fused-ring (bicyclic) bond motifs is 1. The molecule has 200 valence electrons. The van der Waals surface area contributed by atoms with E-state index in [4.69, 9.17) is 14.5 Å². The molecule has 1 N–H and O–H groups in total. The molecule has 40 heavy (non-hydrogen) atoms. The minimum Gasteiger partial charge on any atom is -0.504 e. The van der Waals surface area contributed by atoms with Crippen LogP contribution in [-0.2, 0) is 11.2 Å². The molecule has 0 fully saturated rings. The molecule has 1 heterocycles. The quantitative estimate of drug-likeness (QED) is 0.200. The number of allylic oxidation sites excluding steroid dienone is 1. The van der Waals surface area contributed by atoms with Gasteiger partial charge in [-0.1, -0.05) is 103 Å². The number of carbonyl (C=O) groups is 1. The van der Waals surface area contributed by atoms with Crippen LogP contribution in [0.15, 0.2) is 109 Å². The monoisotopic (exact) mass is 529 g/mol. The van der Waals surface area contributed by atoms with Crippen molar-refractivity contribution in [2.24, 2.45) is 0 Å². The first-order valence-electron chi connectivity index (χ1n) is 13.3. The molecule has 0 unspecified atom stereocenters. The second kappa shape index (κ2) is 12.3. The molecule has 0 amide bonds. The summed E-state index contributed by atoms with van der Waals surface area (Å²) in [5.74, 6) is -0.553. The number of benzene rings is 4. The van der Waals surface area contributed by atoms with Crippen LogP contribution < -0.4 is 4.74 Å². The molecular formula is C35H31NO4. The van der Waals surface area contributed by atoms with Crippen LogP contribution in [0.5, 0.6) is 11.5 Å². The number of carbonyl (C=O) groups excluding carboxylic acids is 1. The van der Waals surface area contributed by atoms with E-state index >= 15 is 0 Å². The Labute approximate surface area is 234 Å². The van der Waals surface area contributed by atoms with Crippen LogP contribution in [0.2, 0.25) is 0 Å². The molecule has 0 saturated carbocycles. The lowest BCUT2D eigenvalue weighted by Crippen LogP contribution is -2.13. The SMILES string of the molecule is CCOC(=O)c1cc2c(O)c(OC)cc(C/C=C/c3ccccc3)c2c(C(c2ccccc2)c2ccccc2)n1. The van der Waals surface area contributed by atoms with Crippen LogP contribution >= 0.6 is 0 Å². The van der Waals surface area contributed by atoms with E-state index in [0.29, 0.717) is 23.3 Å². The maximum atomic E-state index is 13.0. The Balaban J connectivity index is 1.80. The lowest BCUT2D eigenvalue weighted by atomic mass is 9.84. The van der Waals surface area contributed by atoms with Crippen LogP contribution in [-0.4, -0.2) is 29.8 Å². The highest BCUT2D eigenvalue weighted by atomic mass is 16.5. The zero-order chi connectivity index (χ0) is 27.9. The van der Waals surface area contributed by atoms with Gasteiger partial charge in [0.05, 0.1) is 25.3 Å². The molecule has 4 aromatic carbocycles. The van der Waals surface area contributed by atoms with Gasteiger partial charge in [0.15, 0.2) is 11.5 Å². The van der Waals surface area contributed by atoms with E-state index in [1.165, 1.54) is 7.11 Å². The summed E-state index contributed by atoms with van der Waals surface area (Å²) in [6.07, 6.45) is 4.71. The number of hydrogen-bond acceptors (Lipinski definition) is 5. The van der Waals surface area contributed by atoms with Gasteiger partial charge in [-0.2, -0.15) is 0 Å². The minimum absolute atomic E-state index is 0.0395. The molecule has 5 heteroatoms. The smallest absolute Gasteiger partial charge is 0.356 e. The second-order valence-corrected chi connectivity index (χ2v) is 9.39. The van der Waals surface area contributed by atoms with E-state index < -0.39 is 5.97 Å². The Kier molecular flexibility index (Phi) is 8.21. The van der Waals surface area contributed by atoms with E-state index in [9.17, 15) is 9.90 Å². The van der Waals surface area contributed by atoms with Crippen molar-refractivity contribution in [2.75, 3.05) is 13.7 Å². The Morgan fingerprint density at radius 1 is 0.900 bits per heavy atom. The molecule has 0 radical (unpaired) electrons. The van der Waals surface area contributed by atoms with Gasteiger partial charge in [-0.15, -0.1) is 0 Å². The summed E-state index contributed by atoms with van der Waals surface area (Å²) >= 11 is 0. The minimum atomic E-state index is -0.543. The third-order valence-corrected chi connectivity index (χ3v) is 6.85. The summed E-state index contributed by atoms with van der Waals surface area (Å²) < 4.78 is 10.9. The van der Waals surface area contributed by atoms with Crippen molar-refractivity contribution in [3.8, 4) is 11.5 Å². The number of nitrogens with zero attached hydrogens (tertiary/aromatic N) is 1. The highest BCUT2D eigenvalue weighted by Gasteiger charge is 2.27. The number of methoxy groups -OCH3 is 1. The highest BCUT2D eigenvalue weighted by Crippen LogP contribution is 2.43. The molecule has 0 aliphatic heterocycles. The van der Waals surface area contributed by atoms with Crippen molar-refractivity contribution in [1.82, 2.24) is 4.98 Å². The predicted molar refractivity (Wildman–Crippen MR) is 159 cm³/mol. The van der Waals surface area contributed by atoms with Crippen LogP contribution in [0.25, 0.3) is 16.8 Å². The molecule has 0 aliphatic rings. The lowest BCUT2D eigenvalue weighted by Gasteiger charge is -2.23. The standard InChI is InChI=1S/C35H31NO4/c1-3-40-35(38)29-23-28-32(27(22-30(39-2)34(28)37)21-13-16-24-14-7-4-8-15-24)33(36-29)31(25-17-9-5-10-18-25)26-19-11-6-12-20-26/h4-20,22-23,31,37H,3,21H2,1-2H3/b16-13+. The normalized spacial score (nSPS) is 11.3. The fraction of sp³-hybridized carbons (Fsp3) is 0.143. The molecule has 0 spiro atoms. The molecule has 0 saturated heterocycles. The molecule has 5 rings (SSSR count). The van der Waals surface area contributed by atoms with E-state index in [1.807, 2.05) is 72.8 Å². The number of hydrogen-bond donors (Lipinski definition) is 1. The van der Waals surface area contributed by atoms with Crippen LogP contribution in [0.3, 0.4) is 0 Å². The van der Waals surface area contributed by atoms with Crippen molar-refractivity contribution >= 4 is 22.8 Å². The van der Waals surface area contributed by atoms with E-state index in [1.54, 1.807) is 13.0 Å². The van der Waals surface area contributed by atoms with Gasteiger partial charge >= 0.3 is 5.97 Å². The first-order chi connectivity index (χ1) is 19.6. The molecule has 0 atom stereocenters. The molecule has 5 aromatic rings. The fourth-order valence-electron chi connectivity index (χ4n) is 5.04. The zero-order valence-corrected chi connectivity index (χ0v) is 22.6. The average molecular weight is 530 g/mol. The van der Waals surface area contributed by atoms with Gasteiger partial charge in [-0.25, -0.2) is 9.78 Å². The fourth-order valence-corrected chi connectivity index (χ4v) is 5.04. The zero-order valence-electron chi connectivity index (χ0n) is 22.6. The van der Waals surface area contributed by atoms with Gasteiger partial charge in [-0.05, 0) is 47.7 Å². The molecule has 0 aliphatic carbocycles. The van der Waals surface area contributed by atoms with Gasteiger partial charge in [0, 0.05) is 10.8 Å². The van der Waals surface area contributed by atoms with Gasteiger partial charge in [-0.3, -0.25) is 0 Å². The molecule has 5 nitrogen and oxygen atoms in total. The number of phenols is 1. The first kappa shape index (κ1) is 26.7. The first-order valence-corrected chi connectivity index (χ1v) is 13.3. The number of aromatic hydroxyl groups is 1. The number of ether oxygens (including phenoxy) is 2. The van der Waals surface area contributed by atoms with Crippen molar-refractivity contribution in [2.45, 2.75) is 19.3 Å². The summed E-state index contributed by atoms with van der Waals surface area (Å²) in [5, 5.41) is 12.6. The van der Waals surface area contributed by atoms with Crippen molar-refractivity contribution in [3.05, 3.63) is 143 Å². The number of pyridine rings is 1. The predicted octanol–water partition coefficient (Wildman–Crippen LogP) is 7.56. The Morgan fingerprint density at radius 3 is 2.08 bits per heavy atom. The number of rotatable bonds is 9. The largest absolute Gasteiger partial charge is 0.504 e. The molecule has 0 bridgehead atoms. The number of aromatic nitrogens is 1. The highest BCUT2D eigenvalue weighted by molar-refractivity contribution is 6.00. The van der Waals surface area contributed by atoms with Gasteiger partial charge in [0.1, 0.15) is 5.69 Å². The summed E-state index contributed by atoms with van der Waals surface area (Å²) in [7, 11) is 1.52. The lowest BCUT2D eigenvalue weighted by molar-refractivity contribution is 0.0519. The summed E-state index contributed by atoms with van der Waals surface area (Å²) in [6, 6.07) is 33.7. The van der Waals surface area contributed by atoms with Crippen LogP contribution in [0.1, 0.15) is 51.3 Å². The Bertz CT molecular complexity index is 1590. The maximum Gasteiger partial charge on any atom is 0.356 e. The number of esters is 1. The van der Waals surface area contributed by atoms with Crippen molar-refractivity contribution in [1.29, 1.82) is 0 Å². The maximum absolute atomic E-state index is 13.0. The van der Waals surface area contributed by atoms with Crippen molar-refractivity contribution < 1.29 is 19.4 Å². The van der Waals surface area contributed by atoms with Gasteiger partial charge in [0.25, 0.3) is 0 Å². The third kappa shape index (κ3) is 5.59. The number of phenolic OH excluding ortho intramolecular Hbond substituents is 1. The second-order valence-electron chi connectivity index (χ2n) is 9.39. The van der Waals surface area contributed by atoms with Crippen LogP contribution in [0.4, 0.5) is 0 Å². The van der Waals surface area contributed by atoms with E-state index in [2.05, 4.69) is 36.4 Å². The van der Waals surface area contributed by atoms with E-state index in [-0.39, 0.29) is 24.0 Å². The summed E-state index contributed by atoms with van der Waals surface area (Å²) in [6.45, 7) is 1.97. The van der Waals surface area contributed by atoms with Crippen molar-refractivity contribution in [3.63, 3.8) is 0 Å². The Morgan fingerprint density at radius 2 is 1.50 bits per heavy atom. The topological polar surface area (TPSA) is 68.7 Å². The van der Waals surface area contributed by atoms with E-state index in [0.717, 1.165) is 27.6 Å². The molecular weight excluding hydrogens is 498 g/mol. The summed E-state index contributed by atoms with van der Waals surface area (Å²) in [4.78, 5) is 18.0. The molecule has 1 aromatic heterocycles. The van der Waals surface area contributed by atoms with Gasteiger partial charge in [0.2, 0.25) is 0 Å². The Hall–Kier alpha value is -4.90.